The summed E-state index contributed by atoms with van der Waals surface area (Å²) in [6, 6.07) is 11.1. The molecule has 0 bridgehead atoms. The Balaban J connectivity index is 1.85. The third kappa shape index (κ3) is 2.40. The standard InChI is InChI=1S/C18H12N4O2S/c1-10-20-15(9-25-10)11-2-4-12(5-3-11)22-7-6-14-16(22)17(23)13(8-19)18(24)21-14/h2-7,9H,1H3,(H2,21,23,24). The van der Waals surface area contributed by atoms with E-state index in [1.54, 1.807) is 34.2 Å². The number of H-pyrrole nitrogens is 1. The maximum atomic E-state index is 11.8. The second kappa shape index (κ2) is 5.61. The molecule has 0 fully saturated rings. The van der Waals surface area contributed by atoms with Crippen LogP contribution in [0.2, 0.25) is 0 Å². The fraction of sp³-hybridized carbons (Fsp3) is 0.0556. The fourth-order valence-corrected chi connectivity index (χ4v) is 3.42. The summed E-state index contributed by atoms with van der Waals surface area (Å²) in [4.78, 5) is 18.9. The van der Waals surface area contributed by atoms with Crippen molar-refractivity contribution in [3.63, 3.8) is 0 Å². The first-order valence-electron chi connectivity index (χ1n) is 7.48. The molecule has 0 saturated carbocycles. The summed E-state index contributed by atoms with van der Waals surface area (Å²) in [5.74, 6) is -0.314. The molecule has 0 amide bonds. The highest BCUT2D eigenvalue weighted by Gasteiger charge is 2.15. The molecule has 0 aliphatic rings. The molecule has 0 unspecified atom stereocenters. The molecular formula is C18H12N4O2S. The molecule has 0 spiro atoms. The lowest BCUT2D eigenvalue weighted by atomic mass is 10.1. The van der Waals surface area contributed by atoms with Crippen LogP contribution in [0.25, 0.3) is 28.0 Å². The highest BCUT2D eigenvalue weighted by Crippen LogP contribution is 2.29. The van der Waals surface area contributed by atoms with E-state index in [0.717, 1.165) is 22.0 Å². The van der Waals surface area contributed by atoms with Crippen LogP contribution < -0.4 is 5.56 Å². The van der Waals surface area contributed by atoms with Gasteiger partial charge in [0.15, 0.2) is 11.3 Å². The molecule has 3 aromatic heterocycles. The SMILES string of the molecule is Cc1nc(-c2ccc(-n3ccc4[nH]c(=O)c(C#N)c(O)c43)cc2)cs1. The maximum absolute atomic E-state index is 11.8. The predicted molar refractivity (Wildman–Crippen MR) is 96.1 cm³/mol. The van der Waals surface area contributed by atoms with Crippen molar-refractivity contribution in [2.24, 2.45) is 0 Å². The Bertz CT molecular complexity index is 1190. The molecule has 0 aliphatic carbocycles. The third-order valence-electron chi connectivity index (χ3n) is 3.99. The Hall–Kier alpha value is -3.37. The van der Waals surface area contributed by atoms with E-state index >= 15 is 0 Å². The van der Waals surface area contributed by atoms with Crippen LogP contribution in [0.3, 0.4) is 0 Å². The zero-order chi connectivity index (χ0) is 17.6. The van der Waals surface area contributed by atoms with Gasteiger partial charge in [0.05, 0.1) is 16.2 Å². The average molecular weight is 348 g/mol. The minimum absolute atomic E-state index is 0.290. The molecule has 122 valence electrons. The third-order valence-corrected chi connectivity index (χ3v) is 4.77. The number of aromatic nitrogens is 3. The van der Waals surface area contributed by atoms with E-state index in [1.807, 2.05) is 36.6 Å². The summed E-state index contributed by atoms with van der Waals surface area (Å²) >= 11 is 1.60. The molecule has 6 nitrogen and oxygen atoms in total. The number of fused-ring (bicyclic) bond motifs is 1. The highest BCUT2D eigenvalue weighted by atomic mass is 32.1. The lowest BCUT2D eigenvalue weighted by Gasteiger charge is -2.08. The Kier molecular flexibility index (Phi) is 3.41. The number of thiazole rings is 1. The number of nitrogens with zero attached hydrogens (tertiary/aromatic N) is 3. The van der Waals surface area contributed by atoms with Crippen molar-refractivity contribution in [2.75, 3.05) is 0 Å². The minimum Gasteiger partial charge on any atom is -0.504 e. The van der Waals surface area contributed by atoms with Gasteiger partial charge in [-0.1, -0.05) is 12.1 Å². The number of rotatable bonds is 2. The molecule has 7 heteroatoms. The Morgan fingerprint density at radius 1 is 1.28 bits per heavy atom. The average Bonchev–Trinajstić information content (AvgIpc) is 3.22. The molecular weight excluding hydrogens is 336 g/mol. The van der Waals surface area contributed by atoms with Crippen LogP contribution in [0.5, 0.6) is 5.75 Å². The molecule has 1 aromatic carbocycles. The molecule has 4 rings (SSSR count). The molecule has 0 saturated heterocycles. The molecule has 0 aliphatic heterocycles. The van der Waals surface area contributed by atoms with Crippen molar-refractivity contribution in [3.8, 4) is 28.8 Å². The first-order chi connectivity index (χ1) is 12.1. The second-order valence-corrected chi connectivity index (χ2v) is 6.60. The Morgan fingerprint density at radius 2 is 2.04 bits per heavy atom. The normalized spacial score (nSPS) is 10.9. The zero-order valence-electron chi connectivity index (χ0n) is 13.1. The monoisotopic (exact) mass is 348 g/mol. The Morgan fingerprint density at radius 3 is 2.68 bits per heavy atom. The first kappa shape index (κ1) is 15.2. The number of nitriles is 1. The quantitative estimate of drug-likeness (QED) is 0.581. The molecule has 0 radical (unpaired) electrons. The van der Waals surface area contributed by atoms with Gasteiger partial charge < -0.3 is 14.7 Å². The maximum Gasteiger partial charge on any atom is 0.270 e. The number of pyridine rings is 1. The molecule has 0 atom stereocenters. The number of hydrogen-bond donors (Lipinski definition) is 2. The highest BCUT2D eigenvalue weighted by molar-refractivity contribution is 7.09. The van der Waals surface area contributed by atoms with Crippen LogP contribution in [0.4, 0.5) is 0 Å². The number of aryl methyl sites for hydroxylation is 1. The van der Waals surface area contributed by atoms with Crippen molar-refractivity contribution in [1.82, 2.24) is 14.5 Å². The van der Waals surface area contributed by atoms with Crippen molar-refractivity contribution in [2.45, 2.75) is 6.92 Å². The van der Waals surface area contributed by atoms with E-state index in [0.29, 0.717) is 11.0 Å². The van der Waals surface area contributed by atoms with E-state index in [-0.39, 0.29) is 11.3 Å². The fourth-order valence-electron chi connectivity index (χ4n) is 2.79. The van der Waals surface area contributed by atoms with Gasteiger partial charge in [0.1, 0.15) is 11.6 Å². The van der Waals surface area contributed by atoms with Crippen LogP contribution in [0.15, 0.2) is 46.7 Å². The smallest absolute Gasteiger partial charge is 0.270 e. The number of hydrogen-bond acceptors (Lipinski definition) is 5. The summed E-state index contributed by atoms with van der Waals surface area (Å²) in [6.45, 7) is 1.96. The predicted octanol–water partition coefficient (Wildman–Crippen LogP) is 3.33. The van der Waals surface area contributed by atoms with Crippen molar-refractivity contribution in [1.29, 1.82) is 5.26 Å². The zero-order valence-corrected chi connectivity index (χ0v) is 14.0. The van der Waals surface area contributed by atoms with Gasteiger partial charge in [-0.15, -0.1) is 11.3 Å². The van der Waals surface area contributed by atoms with Gasteiger partial charge in [0, 0.05) is 22.8 Å². The molecule has 2 N–H and O–H groups in total. The summed E-state index contributed by atoms with van der Waals surface area (Å²) in [6.07, 6.45) is 1.74. The summed E-state index contributed by atoms with van der Waals surface area (Å²) < 4.78 is 1.73. The van der Waals surface area contributed by atoms with Crippen LogP contribution in [0, 0.1) is 18.3 Å². The van der Waals surface area contributed by atoms with Gasteiger partial charge in [-0.25, -0.2) is 4.98 Å². The first-order valence-corrected chi connectivity index (χ1v) is 8.36. The van der Waals surface area contributed by atoms with Gasteiger partial charge in [-0.05, 0) is 25.1 Å². The largest absolute Gasteiger partial charge is 0.504 e. The summed E-state index contributed by atoms with van der Waals surface area (Å²) in [5.41, 5.74) is 2.71. The summed E-state index contributed by atoms with van der Waals surface area (Å²) in [7, 11) is 0. The van der Waals surface area contributed by atoms with Crippen LogP contribution in [-0.4, -0.2) is 19.6 Å². The van der Waals surface area contributed by atoms with Crippen LogP contribution >= 0.6 is 11.3 Å². The lowest BCUT2D eigenvalue weighted by Crippen LogP contribution is -2.10. The van der Waals surface area contributed by atoms with Crippen molar-refractivity contribution in [3.05, 3.63) is 62.8 Å². The van der Waals surface area contributed by atoms with Gasteiger partial charge in [0.2, 0.25) is 0 Å². The van der Waals surface area contributed by atoms with E-state index in [2.05, 4.69) is 9.97 Å². The van der Waals surface area contributed by atoms with E-state index in [1.165, 1.54) is 0 Å². The van der Waals surface area contributed by atoms with Crippen LogP contribution in [-0.2, 0) is 0 Å². The molecule has 3 heterocycles. The number of aromatic amines is 1. The van der Waals surface area contributed by atoms with Crippen molar-refractivity contribution >= 4 is 22.4 Å². The second-order valence-electron chi connectivity index (χ2n) is 5.54. The number of aromatic hydroxyl groups is 1. The summed E-state index contributed by atoms with van der Waals surface area (Å²) in [5, 5.41) is 22.4. The lowest BCUT2D eigenvalue weighted by molar-refractivity contribution is 0.476. The van der Waals surface area contributed by atoms with Gasteiger partial charge in [-0.3, -0.25) is 4.79 Å². The van der Waals surface area contributed by atoms with Gasteiger partial charge in [-0.2, -0.15) is 5.26 Å². The topological polar surface area (TPSA) is 94.7 Å². The minimum atomic E-state index is -0.598. The van der Waals surface area contributed by atoms with E-state index < -0.39 is 5.56 Å². The number of nitrogens with one attached hydrogen (secondary N) is 1. The molecule has 4 aromatic rings. The van der Waals surface area contributed by atoms with Crippen molar-refractivity contribution < 1.29 is 5.11 Å². The van der Waals surface area contributed by atoms with Gasteiger partial charge in [0.25, 0.3) is 5.56 Å². The van der Waals surface area contributed by atoms with Gasteiger partial charge >= 0.3 is 0 Å². The Labute approximate surface area is 146 Å². The van der Waals surface area contributed by atoms with E-state index in [4.69, 9.17) is 5.26 Å². The van der Waals surface area contributed by atoms with Crippen LogP contribution in [0.1, 0.15) is 10.6 Å². The molecule has 25 heavy (non-hydrogen) atoms. The number of benzene rings is 1. The van der Waals surface area contributed by atoms with E-state index in [9.17, 15) is 9.90 Å².